The van der Waals surface area contributed by atoms with E-state index in [2.05, 4.69) is 15.5 Å². The molecule has 0 aromatic heterocycles. The van der Waals surface area contributed by atoms with Crippen molar-refractivity contribution in [2.75, 3.05) is 26.3 Å². The maximum Gasteiger partial charge on any atom is 0.407 e. The summed E-state index contributed by atoms with van der Waals surface area (Å²) in [5.74, 6) is 1.13. The molecule has 3 fully saturated rings. The van der Waals surface area contributed by atoms with Crippen molar-refractivity contribution < 1.29 is 24.2 Å². The van der Waals surface area contributed by atoms with E-state index in [0.717, 1.165) is 31.4 Å². The number of nitrogens with zero attached hydrogens (tertiary/aromatic N) is 1. The second-order valence-corrected chi connectivity index (χ2v) is 12.5. The van der Waals surface area contributed by atoms with Crippen LogP contribution in [0.1, 0.15) is 71.3 Å². The number of alkyl carbamates (subject to hydrolysis) is 1. The fraction of sp³-hybridized carbons (Fsp3) is 0.733. The van der Waals surface area contributed by atoms with Gasteiger partial charge < -0.3 is 25.2 Å². The van der Waals surface area contributed by atoms with E-state index in [0.29, 0.717) is 38.0 Å². The fourth-order valence-corrected chi connectivity index (χ4v) is 6.29. The van der Waals surface area contributed by atoms with Gasteiger partial charge in [-0.25, -0.2) is 4.79 Å². The summed E-state index contributed by atoms with van der Waals surface area (Å²) in [6.45, 7) is 8.21. The number of carbonyl (C=O) groups is 2. The number of rotatable bonds is 8. The smallest absolute Gasteiger partial charge is 0.407 e. The van der Waals surface area contributed by atoms with Crippen molar-refractivity contribution in [1.82, 2.24) is 15.5 Å². The zero-order valence-corrected chi connectivity index (χ0v) is 23.4. The lowest BCUT2D eigenvalue weighted by atomic mass is 9.72. The quantitative estimate of drug-likeness (QED) is 0.475. The van der Waals surface area contributed by atoms with Crippen LogP contribution in [-0.4, -0.2) is 78.1 Å². The second kappa shape index (κ2) is 13.3. The number of benzene rings is 1. The van der Waals surface area contributed by atoms with Gasteiger partial charge >= 0.3 is 6.09 Å². The number of likely N-dealkylation sites (tertiary alicyclic amines) is 1. The minimum Gasteiger partial charge on any atom is -0.444 e. The van der Waals surface area contributed by atoms with E-state index in [1.54, 1.807) is 0 Å². The SMILES string of the molecule is CC(C)(C)NC(=O)C1C[C@@H]2CCCC[C@@H]2CN1C[C@@H](O)[C@H](Cc1ccccc1)NC(=O)O[C@H]1CCCOC1. The molecule has 3 N–H and O–H groups in total. The van der Waals surface area contributed by atoms with Crippen LogP contribution in [0.3, 0.4) is 0 Å². The van der Waals surface area contributed by atoms with Gasteiger partial charge in [-0.05, 0) is 70.3 Å². The molecule has 4 rings (SSSR count). The molecule has 212 valence electrons. The highest BCUT2D eigenvalue weighted by Crippen LogP contribution is 2.39. The van der Waals surface area contributed by atoms with E-state index >= 15 is 0 Å². The van der Waals surface area contributed by atoms with Crippen molar-refractivity contribution in [3.05, 3.63) is 35.9 Å². The summed E-state index contributed by atoms with van der Waals surface area (Å²) < 4.78 is 11.1. The van der Waals surface area contributed by atoms with Crippen molar-refractivity contribution in [2.24, 2.45) is 11.8 Å². The lowest BCUT2D eigenvalue weighted by molar-refractivity contribution is -0.132. The zero-order valence-electron chi connectivity index (χ0n) is 23.4. The van der Waals surface area contributed by atoms with Gasteiger partial charge in [-0.1, -0.05) is 49.6 Å². The molecule has 2 amide bonds. The molecular weight excluding hydrogens is 482 g/mol. The van der Waals surface area contributed by atoms with Crippen LogP contribution < -0.4 is 10.6 Å². The van der Waals surface area contributed by atoms with Crippen molar-refractivity contribution in [1.29, 1.82) is 0 Å². The summed E-state index contributed by atoms with van der Waals surface area (Å²) in [5.41, 5.74) is 0.695. The molecule has 6 atom stereocenters. The third-order valence-corrected chi connectivity index (χ3v) is 8.18. The minimum absolute atomic E-state index is 0.0259. The summed E-state index contributed by atoms with van der Waals surface area (Å²) in [5, 5.41) is 17.7. The van der Waals surface area contributed by atoms with Crippen molar-refractivity contribution in [2.45, 2.75) is 102 Å². The maximum absolute atomic E-state index is 13.4. The lowest BCUT2D eigenvalue weighted by Crippen LogP contribution is -2.60. The maximum atomic E-state index is 13.4. The Kier molecular flexibility index (Phi) is 10.1. The highest BCUT2D eigenvalue weighted by Gasteiger charge is 2.41. The van der Waals surface area contributed by atoms with Crippen LogP contribution in [0.25, 0.3) is 0 Å². The highest BCUT2D eigenvalue weighted by atomic mass is 16.6. The van der Waals surface area contributed by atoms with Gasteiger partial charge in [0, 0.05) is 25.2 Å². The summed E-state index contributed by atoms with van der Waals surface area (Å²) in [6.07, 6.45) is 6.07. The summed E-state index contributed by atoms with van der Waals surface area (Å²) in [6, 6.07) is 9.02. The predicted molar refractivity (Wildman–Crippen MR) is 147 cm³/mol. The predicted octanol–water partition coefficient (Wildman–Crippen LogP) is 3.66. The molecule has 1 saturated carbocycles. The third kappa shape index (κ3) is 8.42. The van der Waals surface area contributed by atoms with Gasteiger partial charge in [0.1, 0.15) is 6.10 Å². The van der Waals surface area contributed by atoms with E-state index in [1.807, 2.05) is 51.1 Å². The van der Waals surface area contributed by atoms with E-state index in [-0.39, 0.29) is 23.6 Å². The Labute approximate surface area is 227 Å². The van der Waals surface area contributed by atoms with Crippen molar-refractivity contribution in [3.8, 4) is 0 Å². The minimum atomic E-state index is -0.865. The first-order valence-electron chi connectivity index (χ1n) is 14.5. The second-order valence-electron chi connectivity index (χ2n) is 12.5. The molecule has 2 saturated heterocycles. The number of ether oxygens (including phenoxy) is 2. The number of amides is 2. The molecule has 38 heavy (non-hydrogen) atoms. The first kappa shape index (κ1) is 28.8. The first-order chi connectivity index (χ1) is 18.2. The normalized spacial score (nSPS) is 28.0. The highest BCUT2D eigenvalue weighted by molar-refractivity contribution is 5.82. The number of hydrogen-bond donors (Lipinski definition) is 3. The van der Waals surface area contributed by atoms with Gasteiger partial charge in [0.05, 0.1) is 24.8 Å². The van der Waals surface area contributed by atoms with Gasteiger partial charge in [0.2, 0.25) is 5.91 Å². The van der Waals surface area contributed by atoms with Crippen LogP contribution in [0, 0.1) is 11.8 Å². The van der Waals surface area contributed by atoms with Gasteiger partial charge in [-0.3, -0.25) is 9.69 Å². The first-order valence-corrected chi connectivity index (χ1v) is 14.5. The van der Waals surface area contributed by atoms with Crippen LogP contribution in [0.4, 0.5) is 4.79 Å². The molecule has 2 heterocycles. The number of β-amino-alcohol motifs (C(OH)–C–C–N with tert-alkyl or cyclic N) is 1. The standard InChI is InChI=1S/C30H47N3O5/c1-30(2,3)32-28(35)26-17-22-12-7-8-13-23(22)18-33(26)19-27(34)25(16-21-10-5-4-6-11-21)31-29(36)38-24-14-9-15-37-20-24/h4-6,10-11,22-27,34H,7-9,12-20H2,1-3H3,(H,31,36)(H,32,35)/t22-,23+,24-,25-,26?,27+/m0/s1. The number of carbonyl (C=O) groups excluding carboxylic acids is 2. The average Bonchev–Trinajstić information content (AvgIpc) is 2.88. The van der Waals surface area contributed by atoms with Crippen LogP contribution in [0.5, 0.6) is 0 Å². The van der Waals surface area contributed by atoms with Crippen LogP contribution in [-0.2, 0) is 20.7 Å². The topological polar surface area (TPSA) is 100 Å². The Morgan fingerprint density at radius 1 is 1.11 bits per heavy atom. The Morgan fingerprint density at radius 2 is 1.84 bits per heavy atom. The molecule has 0 radical (unpaired) electrons. The third-order valence-electron chi connectivity index (χ3n) is 8.18. The number of hydrogen-bond acceptors (Lipinski definition) is 6. The molecule has 3 aliphatic rings. The fourth-order valence-electron chi connectivity index (χ4n) is 6.29. The monoisotopic (exact) mass is 529 g/mol. The lowest BCUT2D eigenvalue weighted by Gasteiger charge is -2.47. The molecule has 1 aromatic rings. The Bertz CT molecular complexity index is 899. The summed E-state index contributed by atoms with van der Waals surface area (Å²) >= 11 is 0. The molecular formula is C30H47N3O5. The number of aliphatic hydroxyl groups excluding tert-OH is 1. The Balaban J connectivity index is 1.47. The van der Waals surface area contributed by atoms with Gasteiger partial charge in [-0.15, -0.1) is 0 Å². The van der Waals surface area contributed by atoms with Crippen molar-refractivity contribution in [3.63, 3.8) is 0 Å². The van der Waals surface area contributed by atoms with E-state index in [1.165, 1.54) is 25.7 Å². The van der Waals surface area contributed by atoms with Gasteiger partial charge in [-0.2, -0.15) is 0 Å². The molecule has 1 aliphatic carbocycles. The molecule has 2 aliphatic heterocycles. The largest absolute Gasteiger partial charge is 0.444 e. The van der Waals surface area contributed by atoms with Crippen molar-refractivity contribution >= 4 is 12.0 Å². The molecule has 0 spiro atoms. The van der Waals surface area contributed by atoms with Gasteiger partial charge in [0.15, 0.2) is 0 Å². The molecule has 1 unspecified atom stereocenters. The Morgan fingerprint density at radius 3 is 2.53 bits per heavy atom. The van der Waals surface area contributed by atoms with Crippen LogP contribution in [0.15, 0.2) is 30.3 Å². The van der Waals surface area contributed by atoms with Crippen LogP contribution >= 0.6 is 0 Å². The number of aliphatic hydroxyl groups is 1. The average molecular weight is 530 g/mol. The Hall–Kier alpha value is -2.16. The zero-order chi connectivity index (χ0) is 27.1. The van der Waals surface area contributed by atoms with E-state index in [4.69, 9.17) is 9.47 Å². The van der Waals surface area contributed by atoms with Gasteiger partial charge in [0.25, 0.3) is 0 Å². The summed E-state index contributed by atoms with van der Waals surface area (Å²) in [7, 11) is 0. The molecule has 8 nitrogen and oxygen atoms in total. The van der Waals surface area contributed by atoms with E-state index in [9.17, 15) is 14.7 Å². The molecule has 8 heteroatoms. The molecule has 1 aromatic carbocycles. The van der Waals surface area contributed by atoms with Crippen LogP contribution in [0.2, 0.25) is 0 Å². The number of fused-ring (bicyclic) bond motifs is 1. The molecule has 0 bridgehead atoms. The van der Waals surface area contributed by atoms with E-state index < -0.39 is 18.2 Å². The number of nitrogens with one attached hydrogen (secondary N) is 2. The summed E-state index contributed by atoms with van der Waals surface area (Å²) in [4.78, 5) is 28.4. The number of piperidine rings is 1.